The van der Waals surface area contributed by atoms with E-state index in [1.807, 2.05) is 19.1 Å². The van der Waals surface area contributed by atoms with Crippen LogP contribution >= 0.6 is 0 Å². The van der Waals surface area contributed by atoms with Crippen LogP contribution in [0.5, 0.6) is 11.8 Å². The Morgan fingerprint density at radius 1 is 1.24 bits per heavy atom. The van der Waals surface area contributed by atoms with Crippen molar-refractivity contribution in [2.75, 3.05) is 6.61 Å². The van der Waals surface area contributed by atoms with Gasteiger partial charge in [0.25, 0.3) is 0 Å². The van der Waals surface area contributed by atoms with E-state index in [2.05, 4.69) is 37.6 Å². The molecule has 1 N–H and O–H groups in total. The van der Waals surface area contributed by atoms with Crippen LogP contribution in [0.2, 0.25) is 0 Å². The maximum Gasteiger partial charge on any atom is 0.356 e. The summed E-state index contributed by atoms with van der Waals surface area (Å²) < 4.78 is 13.3. The predicted octanol–water partition coefficient (Wildman–Crippen LogP) is 2.42. The van der Waals surface area contributed by atoms with Crippen LogP contribution in [0.4, 0.5) is 0 Å². The molecule has 3 aromatic heterocycles. The van der Waals surface area contributed by atoms with Gasteiger partial charge in [-0.1, -0.05) is 28.8 Å². The third-order valence-electron chi connectivity index (χ3n) is 5.95. The second-order valence-electron chi connectivity index (χ2n) is 8.53. The third kappa shape index (κ3) is 5.49. The average molecular weight is 471 g/mol. The Hall–Kier alpha value is -3.57. The highest BCUT2D eigenvalue weighted by Gasteiger charge is 2.28. The molecule has 4 rings (SSSR count). The molecule has 3 heterocycles. The fourth-order valence-corrected chi connectivity index (χ4v) is 4.01. The number of hydrogen-bond acceptors (Lipinski definition) is 9. The predicted molar refractivity (Wildman–Crippen MR) is 120 cm³/mol. The van der Waals surface area contributed by atoms with E-state index in [0.717, 1.165) is 31.4 Å². The number of pyridine rings is 1. The van der Waals surface area contributed by atoms with E-state index in [-0.39, 0.29) is 18.0 Å². The normalized spacial score (nSPS) is 18.1. The molecule has 0 aliphatic heterocycles. The summed E-state index contributed by atoms with van der Waals surface area (Å²) in [4.78, 5) is 17.5. The Bertz CT molecular complexity index is 1130. The first-order chi connectivity index (χ1) is 16.4. The Labute approximate surface area is 197 Å². The summed E-state index contributed by atoms with van der Waals surface area (Å²) in [6, 6.07) is 3.93. The molecule has 3 aromatic rings. The van der Waals surface area contributed by atoms with Gasteiger partial charge in [-0.15, -0.1) is 5.10 Å². The lowest BCUT2D eigenvalue weighted by atomic mass is 9.87. The smallest absolute Gasteiger partial charge is 0.356 e. The van der Waals surface area contributed by atoms with Crippen molar-refractivity contribution in [3.8, 4) is 23.1 Å². The summed E-state index contributed by atoms with van der Waals surface area (Å²) in [5.41, 5.74) is 2.75. The van der Waals surface area contributed by atoms with Crippen LogP contribution in [-0.2, 0) is 18.4 Å². The van der Waals surface area contributed by atoms with Gasteiger partial charge in [-0.05, 0) is 56.4 Å². The van der Waals surface area contributed by atoms with Crippen molar-refractivity contribution in [2.24, 2.45) is 13.0 Å². The Morgan fingerprint density at radius 2 is 2.09 bits per heavy atom. The van der Waals surface area contributed by atoms with Crippen molar-refractivity contribution in [2.45, 2.75) is 65.0 Å². The fourth-order valence-electron chi connectivity index (χ4n) is 4.01. The second kappa shape index (κ2) is 10.6. The van der Waals surface area contributed by atoms with Gasteiger partial charge in [0.15, 0.2) is 0 Å². The van der Waals surface area contributed by atoms with Crippen LogP contribution < -0.4 is 9.47 Å². The Kier molecular flexibility index (Phi) is 7.33. The van der Waals surface area contributed by atoms with Gasteiger partial charge in [0.1, 0.15) is 18.0 Å². The summed E-state index contributed by atoms with van der Waals surface area (Å²) >= 11 is 0. The molecule has 0 aromatic carbocycles. The number of carboxylic acid groups (broad SMARTS) is 1. The lowest BCUT2D eigenvalue weighted by molar-refractivity contribution is -0.143. The minimum absolute atomic E-state index is 0.125. The Balaban J connectivity index is 1.47. The lowest BCUT2D eigenvalue weighted by Crippen LogP contribution is -2.29. The number of hydrogen-bond donors (Lipinski definition) is 1. The summed E-state index contributed by atoms with van der Waals surface area (Å²) in [5.74, 6) is -0.455. The van der Waals surface area contributed by atoms with Crippen molar-refractivity contribution in [1.82, 2.24) is 40.2 Å². The van der Waals surface area contributed by atoms with Crippen molar-refractivity contribution >= 4 is 5.97 Å². The SMILES string of the molecule is CCCCOc1nnn(Cc2c(-c3ccc(O[C@H]4CCC[C@H](C(=O)O)C4)c(C)n3)nnn2C)n1. The van der Waals surface area contributed by atoms with Crippen LogP contribution in [0, 0.1) is 12.8 Å². The number of nitrogens with zero attached hydrogens (tertiary/aromatic N) is 8. The van der Waals surface area contributed by atoms with Crippen LogP contribution in [0.3, 0.4) is 0 Å². The van der Waals surface area contributed by atoms with Crippen molar-refractivity contribution in [1.29, 1.82) is 0 Å². The topological polar surface area (TPSA) is 143 Å². The zero-order valence-corrected chi connectivity index (χ0v) is 19.7. The van der Waals surface area contributed by atoms with Gasteiger partial charge < -0.3 is 14.6 Å². The van der Waals surface area contributed by atoms with Crippen LogP contribution in [0.15, 0.2) is 12.1 Å². The minimum Gasteiger partial charge on any atom is -0.489 e. The second-order valence-corrected chi connectivity index (χ2v) is 8.53. The van der Waals surface area contributed by atoms with Gasteiger partial charge in [0, 0.05) is 7.05 Å². The molecule has 0 bridgehead atoms. The van der Waals surface area contributed by atoms with Crippen LogP contribution in [-0.4, -0.2) is 64.0 Å². The van der Waals surface area contributed by atoms with Crippen molar-refractivity contribution in [3.05, 3.63) is 23.5 Å². The first-order valence-electron chi connectivity index (χ1n) is 11.6. The molecule has 12 heteroatoms. The molecular formula is C22H30N8O4. The van der Waals surface area contributed by atoms with Crippen LogP contribution in [0.25, 0.3) is 11.4 Å². The van der Waals surface area contributed by atoms with Gasteiger partial charge in [-0.3, -0.25) is 4.79 Å². The third-order valence-corrected chi connectivity index (χ3v) is 5.95. The number of aromatic nitrogens is 8. The standard InChI is InChI=1S/C22H30N8O4/c1-4-5-11-33-22-25-28-30(26-22)13-18-20(24-27-29(18)3)17-9-10-19(14(2)23-17)34-16-8-6-7-15(12-16)21(31)32/h9-10,15-16H,4-8,11-13H2,1-3H3,(H,31,32)/t15-,16-/m0/s1. The summed E-state index contributed by atoms with van der Waals surface area (Å²) in [7, 11) is 1.80. The van der Waals surface area contributed by atoms with E-state index in [1.54, 1.807) is 11.7 Å². The number of ether oxygens (including phenoxy) is 2. The number of tetrazole rings is 1. The first-order valence-corrected chi connectivity index (χ1v) is 11.6. The number of rotatable bonds is 10. The largest absolute Gasteiger partial charge is 0.489 e. The Morgan fingerprint density at radius 3 is 2.85 bits per heavy atom. The highest BCUT2D eigenvalue weighted by molar-refractivity contribution is 5.70. The van der Waals surface area contributed by atoms with E-state index < -0.39 is 5.97 Å². The quantitative estimate of drug-likeness (QED) is 0.439. The first kappa shape index (κ1) is 23.6. The van der Waals surface area contributed by atoms with Gasteiger partial charge in [-0.25, -0.2) is 9.67 Å². The van der Waals surface area contributed by atoms with E-state index in [4.69, 9.17) is 9.47 Å². The molecule has 0 spiro atoms. The van der Waals surface area contributed by atoms with Gasteiger partial charge >= 0.3 is 12.0 Å². The van der Waals surface area contributed by atoms with E-state index in [1.165, 1.54) is 4.80 Å². The van der Waals surface area contributed by atoms with Crippen molar-refractivity contribution < 1.29 is 19.4 Å². The lowest BCUT2D eigenvalue weighted by Gasteiger charge is -2.27. The fraction of sp³-hybridized carbons (Fsp3) is 0.591. The zero-order chi connectivity index (χ0) is 24.1. The van der Waals surface area contributed by atoms with E-state index >= 15 is 0 Å². The van der Waals surface area contributed by atoms with E-state index in [9.17, 15) is 9.90 Å². The molecule has 12 nitrogen and oxygen atoms in total. The highest BCUT2D eigenvalue weighted by atomic mass is 16.5. The van der Waals surface area contributed by atoms with Crippen LogP contribution in [0.1, 0.15) is 56.8 Å². The molecule has 182 valence electrons. The number of aliphatic carboxylic acids is 1. The van der Waals surface area contributed by atoms with E-state index in [0.29, 0.717) is 48.8 Å². The minimum atomic E-state index is -0.754. The molecule has 2 atom stereocenters. The molecule has 1 saturated carbocycles. The molecular weight excluding hydrogens is 440 g/mol. The summed E-state index contributed by atoms with van der Waals surface area (Å²) in [5, 5.41) is 30.0. The summed E-state index contributed by atoms with van der Waals surface area (Å²) in [6.07, 6.45) is 4.73. The molecule has 34 heavy (non-hydrogen) atoms. The maximum atomic E-state index is 11.3. The number of unbranched alkanes of at least 4 members (excludes halogenated alkanes) is 1. The molecule has 1 fully saturated rings. The molecule has 1 aliphatic rings. The number of carboxylic acids is 1. The molecule has 1 aliphatic carbocycles. The highest BCUT2D eigenvalue weighted by Crippen LogP contribution is 2.30. The average Bonchev–Trinajstić information content (AvgIpc) is 3.42. The van der Waals surface area contributed by atoms with Gasteiger partial charge in [0.2, 0.25) is 0 Å². The molecule has 0 radical (unpaired) electrons. The molecule has 0 unspecified atom stereocenters. The van der Waals surface area contributed by atoms with Gasteiger partial charge in [0.05, 0.1) is 35.7 Å². The number of carbonyl (C=O) groups is 1. The zero-order valence-electron chi connectivity index (χ0n) is 19.7. The molecule has 0 amide bonds. The van der Waals surface area contributed by atoms with Crippen molar-refractivity contribution in [3.63, 3.8) is 0 Å². The number of aryl methyl sites for hydroxylation is 2. The monoisotopic (exact) mass is 470 g/mol. The molecule has 0 saturated heterocycles. The van der Waals surface area contributed by atoms with Gasteiger partial charge in [-0.2, -0.15) is 4.80 Å². The summed E-state index contributed by atoms with van der Waals surface area (Å²) in [6.45, 7) is 4.81. The maximum absolute atomic E-state index is 11.3.